The number of hydrogen-bond donors (Lipinski definition) is 0. The number of benzene rings is 2. The lowest BCUT2D eigenvalue weighted by Gasteiger charge is -2.15. The molecule has 0 bridgehead atoms. The van der Waals surface area contributed by atoms with Crippen LogP contribution in [0.5, 0.6) is 0 Å². The number of esters is 1. The van der Waals surface area contributed by atoms with Gasteiger partial charge in [0, 0.05) is 18.2 Å². The van der Waals surface area contributed by atoms with Crippen LogP contribution in [0.3, 0.4) is 0 Å². The molecule has 0 fully saturated rings. The second-order valence-corrected chi connectivity index (χ2v) is 7.08. The van der Waals surface area contributed by atoms with E-state index in [1.807, 2.05) is 55.5 Å². The van der Waals surface area contributed by atoms with Crippen LogP contribution in [-0.4, -0.2) is 22.6 Å². The van der Waals surface area contributed by atoms with Gasteiger partial charge in [0.15, 0.2) is 0 Å². The number of rotatable bonds is 7. The Labute approximate surface area is 171 Å². The fourth-order valence-electron chi connectivity index (χ4n) is 3.40. The fourth-order valence-corrected chi connectivity index (χ4v) is 3.40. The first-order valence-electron chi connectivity index (χ1n) is 9.87. The zero-order chi connectivity index (χ0) is 20.8. The van der Waals surface area contributed by atoms with Gasteiger partial charge in [-0.1, -0.05) is 55.8 Å². The van der Waals surface area contributed by atoms with Crippen molar-refractivity contribution in [3.8, 4) is 11.1 Å². The molecular weight excluding hydrogens is 364 g/mol. The maximum Gasteiger partial charge on any atom is 0.338 e. The molecule has 5 heteroatoms. The van der Waals surface area contributed by atoms with E-state index in [9.17, 15) is 9.59 Å². The molecule has 0 radical (unpaired) electrons. The number of ether oxygens (including phenoxy) is 1. The zero-order valence-electron chi connectivity index (χ0n) is 17.1. The zero-order valence-corrected chi connectivity index (χ0v) is 17.1. The minimum absolute atomic E-state index is 0.0737. The van der Waals surface area contributed by atoms with E-state index < -0.39 is 5.97 Å². The number of aromatic nitrogens is 2. The molecular formula is C24H26N2O3. The second kappa shape index (κ2) is 9.32. The monoisotopic (exact) mass is 390 g/mol. The number of carbonyl (C=O) groups excluding carboxylic acids is 1. The molecule has 3 aromatic rings. The number of carbonyl (C=O) groups is 1. The van der Waals surface area contributed by atoms with Gasteiger partial charge < -0.3 is 4.74 Å². The van der Waals surface area contributed by atoms with Crippen LogP contribution < -0.4 is 5.56 Å². The normalized spacial score (nSPS) is 10.7. The summed E-state index contributed by atoms with van der Waals surface area (Å²) in [5.74, 6) is 0.384. The summed E-state index contributed by atoms with van der Waals surface area (Å²) in [6, 6.07) is 16.9. The van der Waals surface area contributed by atoms with Crippen molar-refractivity contribution in [1.29, 1.82) is 0 Å². The number of methoxy groups -OCH3 is 1. The number of aryl methyl sites for hydroxylation is 2. The van der Waals surface area contributed by atoms with E-state index in [1.165, 1.54) is 7.11 Å². The average molecular weight is 390 g/mol. The molecule has 0 N–H and O–H groups in total. The van der Waals surface area contributed by atoms with Gasteiger partial charge in [-0.3, -0.25) is 9.36 Å². The highest BCUT2D eigenvalue weighted by atomic mass is 16.5. The summed E-state index contributed by atoms with van der Waals surface area (Å²) in [5.41, 5.74) is 3.75. The predicted molar refractivity (Wildman–Crippen MR) is 114 cm³/mol. The Balaban J connectivity index is 2.03. The largest absolute Gasteiger partial charge is 0.465 e. The molecule has 1 heterocycles. The minimum atomic E-state index is -0.397. The summed E-state index contributed by atoms with van der Waals surface area (Å²) >= 11 is 0. The molecule has 1 aromatic heterocycles. The standard InChI is InChI=1S/C24H26N2O3/c1-4-5-11-22-25-17(2)14-23(27)26(22)16-18-12-13-20(19-9-7-6-8-10-19)21(15-18)24(28)29-3/h6-10,12-15H,4-5,11,16H2,1-3H3. The molecule has 0 amide bonds. The van der Waals surface area contributed by atoms with Gasteiger partial charge in [0.05, 0.1) is 19.2 Å². The van der Waals surface area contributed by atoms with E-state index in [0.717, 1.165) is 47.5 Å². The van der Waals surface area contributed by atoms with Crippen LogP contribution >= 0.6 is 0 Å². The van der Waals surface area contributed by atoms with Gasteiger partial charge in [-0.15, -0.1) is 0 Å². The number of hydrogen-bond acceptors (Lipinski definition) is 4. The van der Waals surface area contributed by atoms with Crippen molar-refractivity contribution in [2.24, 2.45) is 0 Å². The quantitative estimate of drug-likeness (QED) is 0.561. The minimum Gasteiger partial charge on any atom is -0.465 e. The molecule has 2 aromatic carbocycles. The van der Waals surface area contributed by atoms with E-state index in [0.29, 0.717) is 12.1 Å². The van der Waals surface area contributed by atoms with Gasteiger partial charge in [0.2, 0.25) is 0 Å². The Morgan fingerprint density at radius 3 is 2.55 bits per heavy atom. The summed E-state index contributed by atoms with van der Waals surface area (Å²) in [5, 5.41) is 0. The fraction of sp³-hybridized carbons (Fsp3) is 0.292. The molecule has 29 heavy (non-hydrogen) atoms. The molecule has 0 aliphatic carbocycles. The Bertz CT molecular complexity index is 1060. The van der Waals surface area contributed by atoms with Crippen molar-refractivity contribution < 1.29 is 9.53 Å². The highest BCUT2D eigenvalue weighted by molar-refractivity contribution is 5.97. The van der Waals surface area contributed by atoms with Crippen molar-refractivity contribution in [1.82, 2.24) is 9.55 Å². The first kappa shape index (κ1) is 20.5. The third kappa shape index (κ3) is 4.80. The van der Waals surface area contributed by atoms with Crippen molar-refractivity contribution in [3.05, 3.63) is 87.6 Å². The van der Waals surface area contributed by atoms with Crippen molar-refractivity contribution >= 4 is 5.97 Å². The molecule has 0 saturated carbocycles. The summed E-state index contributed by atoms with van der Waals surface area (Å²) in [6.45, 7) is 4.32. The first-order valence-corrected chi connectivity index (χ1v) is 9.87. The molecule has 5 nitrogen and oxygen atoms in total. The van der Waals surface area contributed by atoms with Crippen LogP contribution in [-0.2, 0) is 17.7 Å². The molecule has 0 spiro atoms. The maximum atomic E-state index is 12.6. The lowest BCUT2D eigenvalue weighted by molar-refractivity contribution is 0.0601. The first-order chi connectivity index (χ1) is 14.0. The molecule has 0 aliphatic rings. The van der Waals surface area contributed by atoms with E-state index in [4.69, 9.17) is 4.74 Å². The summed E-state index contributed by atoms with van der Waals surface area (Å²) in [7, 11) is 1.38. The Hall–Kier alpha value is -3.21. The van der Waals surface area contributed by atoms with E-state index in [-0.39, 0.29) is 5.56 Å². The molecule has 0 aliphatic heterocycles. The lowest BCUT2D eigenvalue weighted by Crippen LogP contribution is -2.26. The highest BCUT2D eigenvalue weighted by Crippen LogP contribution is 2.26. The van der Waals surface area contributed by atoms with E-state index in [2.05, 4.69) is 11.9 Å². The van der Waals surface area contributed by atoms with Crippen LogP contribution in [0.1, 0.15) is 47.2 Å². The van der Waals surface area contributed by atoms with Crippen LogP contribution in [0.4, 0.5) is 0 Å². The van der Waals surface area contributed by atoms with Gasteiger partial charge >= 0.3 is 5.97 Å². The molecule has 0 unspecified atom stereocenters. The van der Waals surface area contributed by atoms with Gasteiger partial charge in [-0.05, 0) is 36.1 Å². The topological polar surface area (TPSA) is 61.2 Å². The van der Waals surface area contributed by atoms with Crippen molar-refractivity contribution in [2.45, 2.75) is 39.7 Å². The van der Waals surface area contributed by atoms with E-state index >= 15 is 0 Å². The van der Waals surface area contributed by atoms with Gasteiger partial charge in [0.1, 0.15) is 5.82 Å². The highest BCUT2D eigenvalue weighted by Gasteiger charge is 2.15. The van der Waals surface area contributed by atoms with Gasteiger partial charge in [-0.2, -0.15) is 0 Å². The van der Waals surface area contributed by atoms with Gasteiger partial charge in [-0.25, -0.2) is 9.78 Å². The van der Waals surface area contributed by atoms with Crippen LogP contribution in [0.25, 0.3) is 11.1 Å². The smallest absolute Gasteiger partial charge is 0.338 e. The van der Waals surface area contributed by atoms with E-state index in [1.54, 1.807) is 10.6 Å². The Morgan fingerprint density at radius 1 is 1.10 bits per heavy atom. The summed E-state index contributed by atoms with van der Waals surface area (Å²) in [4.78, 5) is 29.6. The van der Waals surface area contributed by atoms with Crippen LogP contribution in [0.2, 0.25) is 0 Å². The SMILES string of the molecule is CCCCc1nc(C)cc(=O)n1Cc1ccc(-c2ccccc2)c(C(=O)OC)c1. The van der Waals surface area contributed by atoms with Crippen molar-refractivity contribution in [2.75, 3.05) is 7.11 Å². The third-order valence-corrected chi connectivity index (χ3v) is 4.88. The Morgan fingerprint density at radius 2 is 1.86 bits per heavy atom. The van der Waals surface area contributed by atoms with Crippen LogP contribution in [0.15, 0.2) is 59.4 Å². The summed E-state index contributed by atoms with van der Waals surface area (Å²) in [6.07, 6.45) is 2.75. The molecule has 150 valence electrons. The predicted octanol–water partition coefficient (Wildman–Crippen LogP) is 4.40. The number of nitrogens with zero attached hydrogens (tertiary/aromatic N) is 2. The molecule has 0 atom stereocenters. The maximum absolute atomic E-state index is 12.6. The summed E-state index contributed by atoms with van der Waals surface area (Å²) < 4.78 is 6.70. The Kier molecular flexibility index (Phi) is 6.60. The second-order valence-electron chi connectivity index (χ2n) is 7.08. The lowest BCUT2D eigenvalue weighted by atomic mass is 9.97. The average Bonchev–Trinajstić information content (AvgIpc) is 2.74. The van der Waals surface area contributed by atoms with Crippen molar-refractivity contribution in [3.63, 3.8) is 0 Å². The van der Waals surface area contributed by atoms with Gasteiger partial charge in [0.25, 0.3) is 5.56 Å². The molecule has 0 saturated heterocycles. The third-order valence-electron chi connectivity index (χ3n) is 4.88. The molecule has 3 rings (SSSR count). The number of unbranched alkanes of at least 4 members (excludes halogenated alkanes) is 1. The van der Waals surface area contributed by atoms with Crippen LogP contribution in [0, 0.1) is 6.92 Å².